The number of rotatable bonds is 1. The number of hydrogen-bond donors (Lipinski definition) is 0. The summed E-state index contributed by atoms with van der Waals surface area (Å²) < 4.78 is 0. The van der Waals surface area contributed by atoms with Crippen LogP contribution in [0, 0.1) is 18.8 Å². The molecular formula is C8H9. The maximum absolute atomic E-state index is 3.50. The van der Waals surface area contributed by atoms with Crippen molar-refractivity contribution < 1.29 is 0 Å². The molecule has 0 aromatic heterocycles. The second-order valence-corrected chi connectivity index (χ2v) is 1.18. The Hall–Kier alpha value is -0.960. The first kappa shape index (κ1) is 7.04. The van der Waals surface area contributed by atoms with Gasteiger partial charge in [0.2, 0.25) is 0 Å². The summed E-state index contributed by atoms with van der Waals surface area (Å²) in [5.41, 5.74) is 0. The van der Waals surface area contributed by atoms with Crippen molar-refractivity contribution in [3.8, 4) is 11.8 Å². The molecule has 0 aliphatic carbocycles. The van der Waals surface area contributed by atoms with E-state index in [1.807, 2.05) is 12.2 Å². The molecule has 0 aromatic rings. The maximum atomic E-state index is 3.50. The van der Waals surface area contributed by atoms with Gasteiger partial charge in [-0.15, -0.1) is 5.92 Å². The highest BCUT2D eigenvalue weighted by molar-refractivity contribution is 5.18. The third kappa shape index (κ3) is 5.04. The molecule has 0 heteroatoms. The minimum Gasteiger partial charge on any atom is -0.102 e. The highest BCUT2D eigenvalue weighted by Crippen LogP contribution is 1.72. The molecular weight excluding hydrogens is 96.1 g/mol. The fourth-order valence-corrected chi connectivity index (χ4v) is 0.266. The molecule has 0 atom stereocenters. The average Bonchev–Trinajstić information content (AvgIpc) is 1.81. The van der Waals surface area contributed by atoms with Crippen molar-refractivity contribution in [2.24, 2.45) is 0 Å². The van der Waals surface area contributed by atoms with E-state index in [0.717, 1.165) is 0 Å². The molecule has 41 valence electrons. The summed E-state index contributed by atoms with van der Waals surface area (Å²) in [5, 5.41) is 0. The van der Waals surface area contributed by atoms with E-state index in [1.165, 1.54) is 0 Å². The van der Waals surface area contributed by atoms with Crippen LogP contribution in [0.3, 0.4) is 0 Å². The summed E-state index contributed by atoms with van der Waals surface area (Å²) in [6.45, 7) is 5.31. The van der Waals surface area contributed by atoms with Crippen molar-refractivity contribution >= 4 is 0 Å². The van der Waals surface area contributed by atoms with Gasteiger partial charge in [-0.3, -0.25) is 0 Å². The van der Waals surface area contributed by atoms with Gasteiger partial charge in [0.15, 0.2) is 0 Å². The number of allylic oxidation sites excluding steroid dienone is 4. The van der Waals surface area contributed by atoms with E-state index >= 15 is 0 Å². The van der Waals surface area contributed by atoms with Crippen LogP contribution < -0.4 is 0 Å². The molecule has 0 N–H and O–H groups in total. The molecule has 0 amide bonds. The lowest BCUT2D eigenvalue weighted by atomic mass is 10.4. The molecule has 8 heavy (non-hydrogen) atoms. The normalized spacial score (nSPS) is 9.75. The lowest BCUT2D eigenvalue weighted by Crippen LogP contribution is -1.47. The van der Waals surface area contributed by atoms with Gasteiger partial charge in [-0.25, -0.2) is 0 Å². The topological polar surface area (TPSA) is 0 Å². The molecule has 0 bridgehead atoms. The lowest BCUT2D eigenvalue weighted by molar-refractivity contribution is 1.89. The summed E-state index contributed by atoms with van der Waals surface area (Å²) in [6.07, 6.45) is 7.18. The zero-order chi connectivity index (χ0) is 6.24. The quantitative estimate of drug-likeness (QED) is 0.353. The first-order valence-electron chi connectivity index (χ1n) is 2.45. The molecule has 0 saturated carbocycles. The van der Waals surface area contributed by atoms with E-state index in [9.17, 15) is 0 Å². The van der Waals surface area contributed by atoms with Crippen LogP contribution in [0.2, 0.25) is 0 Å². The molecule has 0 unspecified atom stereocenters. The van der Waals surface area contributed by atoms with Crippen LogP contribution in [0.5, 0.6) is 0 Å². The SMILES string of the molecule is [CH2]/C=C/C=C/C#CC. The van der Waals surface area contributed by atoms with Crippen LogP contribution in [0.4, 0.5) is 0 Å². The monoisotopic (exact) mass is 105 g/mol. The smallest absolute Gasteiger partial charge is 0.00235 e. The Balaban J connectivity index is 3.45. The van der Waals surface area contributed by atoms with Gasteiger partial charge in [-0.05, 0) is 19.9 Å². The van der Waals surface area contributed by atoms with Gasteiger partial charge in [0.25, 0.3) is 0 Å². The second kappa shape index (κ2) is 6.04. The van der Waals surface area contributed by atoms with Crippen LogP contribution in [0.15, 0.2) is 24.3 Å². The number of hydrogen-bond acceptors (Lipinski definition) is 0. The Bertz CT molecular complexity index is 139. The predicted octanol–water partition coefficient (Wildman–Crippen LogP) is 1.96. The van der Waals surface area contributed by atoms with Crippen molar-refractivity contribution in [2.45, 2.75) is 6.92 Å². The summed E-state index contributed by atoms with van der Waals surface area (Å²) >= 11 is 0. The van der Waals surface area contributed by atoms with Crippen molar-refractivity contribution in [3.05, 3.63) is 31.2 Å². The van der Waals surface area contributed by atoms with E-state index in [1.54, 1.807) is 19.1 Å². The largest absolute Gasteiger partial charge is 0.102 e. The Morgan fingerprint density at radius 3 is 2.62 bits per heavy atom. The van der Waals surface area contributed by atoms with Crippen LogP contribution >= 0.6 is 0 Å². The zero-order valence-corrected chi connectivity index (χ0v) is 5.02. The average molecular weight is 105 g/mol. The highest BCUT2D eigenvalue weighted by Gasteiger charge is 1.54. The van der Waals surface area contributed by atoms with Gasteiger partial charge in [-0.1, -0.05) is 24.1 Å². The molecule has 0 fully saturated rings. The maximum Gasteiger partial charge on any atom is -0.00235 e. The van der Waals surface area contributed by atoms with Crippen molar-refractivity contribution in [2.75, 3.05) is 0 Å². The van der Waals surface area contributed by atoms with Crippen LogP contribution in [-0.2, 0) is 0 Å². The first-order chi connectivity index (χ1) is 3.91. The van der Waals surface area contributed by atoms with Crippen molar-refractivity contribution in [3.63, 3.8) is 0 Å². The van der Waals surface area contributed by atoms with E-state index < -0.39 is 0 Å². The van der Waals surface area contributed by atoms with E-state index in [2.05, 4.69) is 18.8 Å². The van der Waals surface area contributed by atoms with E-state index in [4.69, 9.17) is 0 Å². The fraction of sp³-hybridized carbons (Fsp3) is 0.125. The Morgan fingerprint density at radius 2 is 2.12 bits per heavy atom. The fourth-order valence-electron chi connectivity index (χ4n) is 0.266. The third-order valence-corrected chi connectivity index (χ3v) is 0.571. The minimum atomic E-state index is 1.72. The molecule has 0 aliphatic heterocycles. The van der Waals surface area contributed by atoms with Crippen LogP contribution in [-0.4, -0.2) is 0 Å². The third-order valence-electron chi connectivity index (χ3n) is 0.571. The lowest BCUT2D eigenvalue weighted by Gasteiger charge is -1.64. The first-order valence-corrected chi connectivity index (χ1v) is 2.45. The Labute approximate surface area is 50.9 Å². The van der Waals surface area contributed by atoms with Gasteiger partial charge in [0.05, 0.1) is 0 Å². The minimum absolute atomic E-state index is 1.72. The van der Waals surface area contributed by atoms with Gasteiger partial charge >= 0.3 is 0 Å². The standard InChI is InChI=1S/C8H9/c1-3-5-7-8-6-4-2/h3,5,7-8H,1H2,2H3/b5-3+,8-7+. The van der Waals surface area contributed by atoms with Gasteiger partial charge < -0.3 is 0 Å². The zero-order valence-electron chi connectivity index (χ0n) is 5.02. The summed E-state index contributed by atoms with van der Waals surface area (Å²) in [6, 6.07) is 0. The highest BCUT2D eigenvalue weighted by atomic mass is 13.6. The molecule has 0 nitrogen and oxygen atoms in total. The van der Waals surface area contributed by atoms with Gasteiger partial charge in [0, 0.05) is 0 Å². The predicted molar refractivity (Wildman–Crippen MR) is 37.1 cm³/mol. The molecule has 0 heterocycles. The summed E-state index contributed by atoms with van der Waals surface area (Å²) in [7, 11) is 0. The van der Waals surface area contributed by atoms with Gasteiger partial charge in [-0.2, -0.15) is 0 Å². The summed E-state index contributed by atoms with van der Waals surface area (Å²) in [5.74, 6) is 5.51. The molecule has 0 aromatic carbocycles. The summed E-state index contributed by atoms with van der Waals surface area (Å²) in [4.78, 5) is 0. The molecule has 0 saturated heterocycles. The van der Waals surface area contributed by atoms with Gasteiger partial charge in [0.1, 0.15) is 0 Å². The molecule has 1 radical (unpaired) electrons. The Kier molecular flexibility index (Phi) is 5.32. The molecule has 0 rings (SSSR count). The van der Waals surface area contributed by atoms with E-state index in [-0.39, 0.29) is 0 Å². The second-order valence-electron chi connectivity index (χ2n) is 1.18. The van der Waals surface area contributed by atoms with Crippen LogP contribution in [0.1, 0.15) is 6.92 Å². The van der Waals surface area contributed by atoms with Crippen molar-refractivity contribution in [1.29, 1.82) is 0 Å². The van der Waals surface area contributed by atoms with Crippen molar-refractivity contribution in [1.82, 2.24) is 0 Å². The Morgan fingerprint density at radius 1 is 1.38 bits per heavy atom. The molecule has 0 spiro atoms. The molecule has 0 aliphatic rings. The van der Waals surface area contributed by atoms with Crippen LogP contribution in [0.25, 0.3) is 0 Å². The van der Waals surface area contributed by atoms with E-state index in [0.29, 0.717) is 0 Å².